The molecule has 0 bridgehead atoms. The van der Waals surface area contributed by atoms with E-state index in [0.29, 0.717) is 30.7 Å². The van der Waals surface area contributed by atoms with Crippen LogP contribution in [0, 0.1) is 17.8 Å². The van der Waals surface area contributed by atoms with Gasteiger partial charge in [-0.2, -0.15) is 0 Å². The fourth-order valence-electron chi connectivity index (χ4n) is 5.11. The van der Waals surface area contributed by atoms with Gasteiger partial charge in [-0.1, -0.05) is 0 Å². The summed E-state index contributed by atoms with van der Waals surface area (Å²) >= 11 is 0. The summed E-state index contributed by atoms with van der Waals surface area (Å²) in [7, 11) is 0. The summed E-state index contributed by atoms with van der Waals surface area (Å²) in [5, 5.41) is 0. The van der Waals surface area contributed by atoms with Gasteiger partial charge < -0.3 is 14.5 Å². The van der Waals surface area contributed by atoms with Crippen molar-refractivity contribution < 1.29 is 14.3 Å². The Hall–Kier alpha value is -1.95. The third kappa shape index (κ3) is 2.46. The highest BCUT2D eigenvalue weighted by molar-refractivity contribution is 5.84. The number of rotatable bonds is 3. The van der Waals surface area contributed by atoms with Crippen LogP contribution in [0.25, 0.3) is 0 Å². The lowest BCUT2D eigenvalue weighted by molar-refractivity contribution is -0.143. The summed E-state index contributed by atoms with van der Waals surface area (Å²) in [6.07, 6.45) is 5.77. The van der Waals surface area contributed by atoms with Crippen molar-refractivity contribution in [1.29, 1.82) is 0 Å². The van der Waals surface area contributed by atoms with E-state index in [1.165, 1.54) is 0 Å². The Balaban J connectivity index is 1.31. The highest BCUT2D eigenvalue weighted by atomic mass is 16.5. The number of piperidine rings is 1. The van der Waals surface area contributed by atoms with Gasteiger partial charge in [-0.15, -0.1) is 0 Å². The lowest BCUT2D eigenvalue weighted by Crippen LogP contribution is -2.53. The van der Waals surface area contributed by atoms with Crippen molar-refractivity contribution in [2.45, 2.75) is 37.9 Å². The average molecular weight is 341 g/mol. The maximum absolute atomic E-state index is 13.0. The summed E-state index contributed by atoms with van der Waals surface area (Å²) in [6, 6.07) is 4.27. The van der Waals surface area contributed by atoms with Gasteiger partial charge in [-0.3, -0.25) is 14.6 Å². The number of hydrogen-bond acceptors (Lipinski definition) is 4. The molecule has 1 aromatic rings. The Labute approximate surface area is 147 Å². The van der Waals surface area contributed by atoms with E-state index in [4.69, 9.17) is 4.74 Å². The van der Waals surface area contributed by atoms with Gasteiger partial charge in [0, 0.05) is 37.8 Å². The second-order valence-corrected chi connectivity index (χ2v) is 7.76. The molecular formula is C19H23N3O3. The van der Waals surface area contributed by atoms with Crippen molar-refractivity contribution in [3.63, 3.8) is 0 Å². The minimum absolute atomic E-state index is 0.160. The van der Waals surface area contributed by atoms with Crippen molar-refractivity contribution in [1.82, 2.24) is 14.8 Å². The first kappa shape index (κ1) is 15.3. The van der Waals surface area contributed by atoms with Gasteiger partial charge in [0.05, 0.1) is 25.3 Å². The van der Waals surface area contributed by atoms with Gasteiger partial charge >= 0.3 is 0 Å². The molecule has 6 nitrogen and oxygen atoms in total. The molecule has 3 saturated heterocycles. The molecule has 5 rings (SSSR count). The van der Waals surface area contributed by atoms with E-state index in [1.807, 2.05) is 17.0 Å². The van der Waals surface area contributed by atoms with Gasteiger partial charge in [0.15, 0.2) is 0 Å². The smallest absolute Gasteiger partial charge is 0.226 e. The maximum atomic E-state index is 13.0. The molecule has 4 aliphatic rings. The van der Waals surface area contributed by atoms with Crippen LogP contribution in [-0.2, 0) is 20.9 Å². The van der Waals surface area contributed by atoms with E-state index in [-0.39, 0.29) is 23.9 Å². The molecule has 3 aliphatic heterocycles. The molecule has 25 heavy (non-hydrogen) atoms. The minimum atomic E-state index is 0.160. The Bertz CT molecular complexity index is 684. The third-order valence-corrected chi connectivity index (χ3v) is 6.51. The molecule has 1 saturated carbocycles. The highest BCUT2D eigenvalue weighted by Gasteiger charge is 2.60. The van der Waals surface area contributed by atoms with Crippen LogP contribution in [0.2, 0.25) is 0 Å². The van der Waals surface area contributed by atoms with Crippen molar-refractivity contribution in [3.8, 4) is 0 Å². The molecule has 4 fully saturated rings. The second-order valence-electron chi connectivity index (χ2n) is 7.76. The number of nitrogens with zero attached hydrogens (tertiary/aromatic N) is 3. The highest BCUT2D eigenvalue weighted by Crippen LogP contribution is 2.52. The fraction of sp³-hybridized carbons (Fsp3) is 0.632. The molecule has 4 heterocycles. The van der Waals surface area contributed by atoms with Crippen molar-refractivity contribution in [2.24, 2.45) is 17.8 Å². The SMILES string of the molecule is O=C1CC[C@@H]2[C@@H](CCN2C(=O)C2[C@H]3COC[C@@H]23)N1Cc1ccncc1. The molecule has 1 aromatic heterocycles. The quantitative estimate of drug-likeness (QED) is 0.825. The third-order valence-electron chi connectivity index (χ3n) is 6.51. The number of carbonyl (C=O) groups is 2. The summed E-state index contributed by atoms with van der Waals surface area (Å²) in [5.41, 5.74) is 1.10. The number of hydrogen-bond donors (Lipinski definition) is 0. The molecule has 0 N–H and O–H groups in total. The van der Waals surface area contributed by atoms with E-state index in [2.05, 4.69) is 9.88 Å². The predicted molar refractivity (Wildman–Crippen MR) is 89.2 cm³/mol. The Morgan fingerprint density at radius 2 is 1.92 bits per heavy atom. The van der Waals surface area contributed by atoms with Gasteiger partial charge in [-0.05, 0) is 42.4 Å². The molecule has 132 valence electrons. The summed E-state index contributed by atoms with van der Waals surface area (Å²) in [6.45, 7) is 2.89. The summed E-state index contributed by atoms with van der Waals surface area (Å²) in [4.78, 5) is 33.6. The van der Waals surface area contributed by atoms with Crippen LogP contribution < -0.4 is 0 Å². The lowest BCUT2D eigenvalue weighted by Gasteiger charge is -2.40. The summed E-state index contributed by atoms with van der Waals surface area (Å²) in [5.74, 6) is 1.60. The van der Waals surface area contributed by atoms with E-state index in [0.717, 1.165) is 38.2 Å². The Kier molecular flexibility index (Phi) is 3.55. The van der Waals surface area contributed by atoms with Crippen molar-refractivity contribution in [2.75, 3.05) is 19.8 Å². The van der Waals surface area contributed by atoms with Crippen LogP contribution in [0.1, 0.15) is 24.8 Å². The largest absolute Gasteiger partial charge is 0.381 e. The molecule has 5 atom stereocenters. The van der Waals surface area contributed by atoms with Crippen LogP contribution >= 0.6 is 0 Å². The zero-order chi connectivity index (χ0) is 17.0. The van der Waals surface area contributed by atoms with Gasteiger partial charge in [0.25, 0.3) is 0 Å². The Morgan fingerprint density at radius 1 is 1.16 bits per heavy atom. The normalized spacial score (nSPS) is 36.3. The predicted octanol–water partition coefficient (Wildman–Crippen LogP) is 1.07. The molecule has 1 unspecified atom stereocenters. The molecule has 0 aromatic carbocycles. The van der Waals surface area contributed by atoms with Crippen LogP contribution in [0.4, 0.5) is 0 Å². The van der Waals surface area contributed by atoms with E-state index in [9.17, 15) is 9.59 Å². The average Bonchev–Trinajstić information content (AvgIpc) is 2.99. The zero-order valence-electron chi connectivity index (χ0n) is 14.2. The molecule has 6 heteroatoms. The number of aromatic nitrogens is 1. The first-order valence-corrected chi connectivity index (χ1v) is 9.30. The number of amides is 2. The molecule has 0 spiro atoms. The number of ether oxygens (including phenoxy) is 1. The zero-order valence-corrected chi connectivity index (χ0v) is 14.2. The molecule has 2 amide bonds. The van der Waals surface area contributed by atoms with Gasteiger partial charge in [0.1, 0.15) is 0 Å². The molecule has 1 aliphatic carbocycles. The second kappa shape index (κ2) is 5.80. The number of pyridine rings is 1. The number of likely N-dealkylation sites (tertiary alicyclic amines) is 2. The van der Waals surface area contributed by atoms with E-state index in [1.54, 1.807) is 12.4 Å². The molecule has 0 radical (unpaired) electrons. The fourth-order valence-corrected chi connectivity index (χ4v) is 5.11. The van der Waals surface area contributed by atoms with E-state index >= 15 is 0 Å². The number of fused-ring (bicyclic) bond motifs is 2. The van der Waals surface area contributed by atoms with Crippen LogP contribution in [0.3, 0.4) is 0 Å². The lowest BCUT2D eigenvalue weighted by atomic mass is 9.95. The van der Waals surface area contributed by atoms with Crippen LogP contribution in [0.15, 0.2) is 24.5 Å². The van der Waals surface area contributed by atoms with Crippen LogP contribution in [0.5, 0.6) is 0 Å². The van der Waals surface area contributed by atoms with Gasteiger partial charge in [0.2, 0.25) is 11.8 Å². The minimum Gasteiger partial charge on any atom is -0.381 e. The van der Waals surface area contributed by atoms with E-state index < -0.39 is 0 Å². The molecular weight excluding hydrogens is 318 g/mol. The maximum Gasteiger partial charge on any atom is 0.226 e. The van der Waals surface area contributed by atoms with Crippen molar-refractivity contribution >= 4 is 11.8 Å². The topological polar surface area (TPSA) is 62.7 Å². The first-order valence-electron chi connectivity index (χ1n) is 9.30. The van der Waals surface area contributed by atoms with Crippen LogP contribution in [-0.4, -0.2) is 58.4 Å². The monoisotopic (exact) mass is 341 g/mol. The standard InChI is InChI=1S/C19H23N3O3/c23-17-2-1-15-16(22(17)9-12-3-6-20-7-4-12)5-8-21(15)19(24)18-13-10-25-11-14(13)18/h3-4,6-7,13-16,18H,1-2,5,8-11H2/t13-,14+,15-,16-,18?/m1/s1. The Morgan fingerprint density at radius 3 is 2.68 bits per heavy atom. The first-order chi connectivity index (χ1) is 12.2. The summed E-state index contributed by atoms with van der Waals surface area (Å²) < 4.78 is 5.42. The van der Waals surface area contributed by atoms with Crippen molar-refractivity contribution in [3.05, 3.63) is 30.1 Å². The number of carbonyl (C=O) groups excluding carboxylic acids is 2. The van der Waals surface area contributed by atoms with Gasteiger partial charge in [-0.25, -0.2) is 0 Å².